The summed E-state index contributed by atoms with van der Waals surface area (Å²) in [6.45, 7) is 1.99. The van der Waals surface area contributed by atoms with Crippen LogP contribution in [0.2, 0.25) is 0 Å². The van der Waals surface area contributed by atoms with Crippen LogP contribution in [-0.4, -0.2) is 5.91 Å². The lowest BCUT2D eigenvalue weighted by molar-refractivity contribution is -0.137. The second-order valence-corrected chi connectivity index (χ2v) is 4.95. The van der Waals surface area contributed by atoms with E-state index in [9.17, 15) is 18.0 Å². The van der Waals surface area contributed by atoms with Gasteiger partial charge in [0.25, 0.3) is 0 Å². The van der Waals surface area contributed by atoms with Crippen LogP contribution >= 0.6 is 0 Å². The minimum absolute atomic E-state index is 0.328. The fourth-order valence-corrected chi connectivity index (χ4v) is 2.08. The Morgan fingerprint density at radius 1 is 1.09 bits per heavy atom. The average molecular weight is 319 g/mol. The number of aryl methyl sites for hydroxylation is 1. The second-order valence-electron chi connectivity index (χ2n) is 4.95. The smallest absolute Gasteiger partial charge is 0.322 e. The zero-order chi connectivity index (χ0) is 16.9. The van der Waals surface area contributed by atoms with Crippen LogP contribution in [0.5, 0.6) is 0 Å². The van der Waals surface area contributed by atoms with Crippen LogP contribution in [0, 0.1) is 0 Å². The number of nitrogens with one attached hydrogen (secondary N) is 1. The highest BCUT2D eigenvalue weighted by atomic mass is 19.4. The zero-order valence-electron chi connectivity index (χ0n) is 12.5. The summed E-state index contributed by atoms with van der Waals surface area (Å²) in [7, 11) is 0. The molecular formula is C18H16F3NO. The summed E-state index contributed by atoms with van der Waals surface area (Å²) in [5.74, 6) is -0.328. The van der Waals surface area contributed by atoms with Gasteiger partial charge in [0.15, 0.2) is 0 Å². The quantitative estimate of drug-likeness (QED) is 0.796. The van der Waals surface area contributed by atoms with Gasteiger partial charge in [-0.25, -0.2) is 0 Å². The fraction of sp³-hybridized carbons (Fsp3) is 0.167. The first-order valence-electron chi connectivity index (χ1n) is 7.14. The van der Waals surface area contributed by atoms with Crippen LogP contribution in [0.3, 0.4) is 0 Å². The molecule has 0 heterocycles. The van der Waals surface area contributed by atoms with Crippen molar-refractivity contribution in [2.45, 2.75) is 19.5 Å². The Kier molecular flexibility index (Phi) is 5.21. The third kappa shape index (κ3) is 4.71. The maximum Gasteiger partial charge on any atom is 0.416 e. The van der Waals surface area contributed by atoms with Gasteiger partial charge in [0.1, 0.15) is 0 Å². The molecule has 23 heavy (non-hydrogen) atoms. The van der Waals surface area contributed by atoms with Crippen molar-refractivity contribution < 1.29 is 18.0 Å². The topological polar surface area (TPSA) is 29.1 Å². The summed E-state index contributed by atoms with van der Waals surface area (Å²) >= 11 is 0. The Hall–Kier alpha value is -2.56. The van der Waals surface area contributed by atoms with E-state index in [2.05, 4.69) is 5.32 Å². The van der Waals surface area contributed by atoms with Crippen LogP contribution < -0.4 is 5.32 Å². The van der Waals surface area contributed by atoms with Crippen molar-refractivity contribution in [3.8, 4) is 0 Å². The minimum atomic E-state index is -4.36. The maximum absolute atomic E-state index is 12.5. The van der Waals surface area contributed by atoms with E-state index in [1.165, 1.54) is 24.3 Å². The summed E-state index contributed by atoms with van der Waals surface area (Å²) in [6, 6.07) is 12.1. The number of hydrogen-bond acceptors (Lipinski definition) is 1. The van der Waals surface area contributed by atoms with Crippen LogP contribution in [-0.2, 0) is 17.4 Å². The fourth-order valence-electron chi connectivity index (χ4n) is 2.08. The Labute approximate surface area is 132 Å². The summed E-state index contributed by atoms with van der Waals surface area (Å²) in [5, 5.41) is 2.76. The molecule has 0 saturated heterocycles. The molecule has 0 atom stereocenters. The van der Waals surface area contributed by atoms with E-state index in [-0.39, 0.29) is 5.91 Å². The average Bonchev–Trinajstić information content (AvgIpc) is 2.53. The Morgan fingerprint density at radius 3 is 2.35 bits per heavy atom. The van der Waals surface area contributed by atoms with Crippen molar-refractivity contribution >= 4 is 17.7 Å². The molecule has 120 valence electrons. The maximum atomic E-state index is 12.5. The number of anilines is 1. The van der Waals surface area contributed by atoms with Gasteiger partial charge < -0.3 is 5.32 Å². The van der Waals surface area contributed by atoms with Crippen LogP contribution in [0.4, 0.5) is 18.9 Å². The molecule has 2 nitrogen and oxygen atoms in total. The number of carbonyl (C=O) groups excluding carboxylic acids is 1. The van der Waals surface area contributed by atoms with Crippen molar-refractivity contribution in [1.82, 2.24) is 0 Å². The highest BCUT2D eigenvalue weighted by Crippen LogP contribution is 2.29. The second kappa shape index (κ2) is 7.13. The summed E-state index contributed by atoms with van der Waals surface area (Å²) in [5.41, 5.74) is 1.56. The molecule has 0 aliphatic heterocycles. The number of carbonyl (C=O) groups is 1. The predicted octanol–water partition coefficient (Wildman–Crippen LogP) is 4.92. The summed E-state index contributed by atoms with van der Waals surface area (Å²) in [4.78, 5) is 11.9. The largest absolute Gasteiger partial charge is 0.416 e. The molecule has 0 radical (unpaired) electrons. The predicted molar refractivity (Wildman–Crippen MR) is 84.9 cm³/mol. The van der Waals surface area contributed by atoms with Crippen LogP contribution in [0.15, 0.2) is 54.6 Å². The third-order valence-electron chi connectivity index (χ3n) is 3.32. The Balaban J connectivity index is 2.04. The lowest BCUT2D eigenvalue weighted by atomic mass is 10.1. The third-order valence-corrected chi connectivity index (χ3v) is 3.32. The SMILES string of the molecule is CCc1ccccc1NC(=O)/C=C/c1ccc(C(F)(F)F)cc1. The van der Waals surface area contributed by atoms with Gasteiger partial charge in [-0.2, -0.15) is 13.2 Å². The molecule has 0 saturated carbocycles. The van der Waals surface area contributed by atoms with E-state index in [1.807, 2.05) is 31.2 Å². The van der Waals surface area contributed by atoms with Gasteiger partial charge >= 0.3 is 6.18 Å². The van der Waals surface area contributed by atoms with E-state index in [0.29, 0.717) is 5.56 Å². The van der Waals surface area contributed by atoms with Crippen molar-refractivity contribution in [3.63, 3.8) is 0 Å². The van der Waals surface area contributed by atoms with Gasteiger partial charge in [-0.15, -0.1) is 0 Å². The van der Waals surface area contributed by atoms with Crippen molar-refractivity contribution in [3.05, 3.63) is 71.3 Å². The summed E-state index contributed by atoms with van der Waals surface area (Å²) in [6.07, 6.45) is -0.790. The van der Waals surface area contributed by atoms with Crippen LogP contribution in [0.25, 0.3) is 6.08 Å². The molecule has 0 fully saturated rings. The van der Waals surface area contributed by atoms with Crippen molar-refractivity contribution in [2.75, 3.05) is 5.32 Å². The first-order chi connectivity index (χ1) is 10.9. The van der Waals surface area contributed by atoms with Crippen LogP contribution in [0.1, 0.15) is 23.6 Å². The van der Waals surface area contributed by atoms with E-state index < -0.39 is 11.7 Å². The molecule has 0 aromatic heterocycles. The van der Waals surface area contributed by atoms with Gasteiger partial charge in [0, 0.05) is 11.8 Å². The molecule has 2 aromatic carbocycles. The molecule has 0 aliphatic rings. The van der Waals surface area contributed by atoms with Gasteiger partial charge in [-0.3, -0.25) is 4.79 Å². The number of rotatable bonds is 4. The number of benzene rings is 2. The highest BCUT2D eigenvalue weighted by Gasteiger charge is 2.29. The van der Waals surface area contributed by atoms with E-state index in [0.717, 1.165) is 29.8 Å². The highest BCUT2D eigenvalue weighted by molar-refractivity contribution is 6.02. The monoisotopic (exact) mass is 319 g/mol. The molecule has 0 aliphatic carbocycles. The normalized spacial score (nSPS) is 11.7. The van der Waals surface area contributed by atoms with Crippen molar-refractivity contribution in [2.24, 2.45) is 0 Å². The zero-order valence-corrected chi connectivity index (χ0v) is 12.5. The first kappa shape index (κ1) is 16.8. The molecule has 0 unspecified atom stereocenters. The Morgan fingerprint density at radius 2 is 1.74 bits per heavy atom. The van der Waals surface area contributed by atoms with Gasteiger partial charge in [-0.1, -0.05) is 37.3 Å². The molecule has 2 aromatic rings. The molecule has 1 amide bonds. The van der Waals surface area contributed by atoms with Gasteiger partial charge in [0.2, 0.25) is 5.91 Å². The molecule has 0 spiro atoms. The van der Waals surface area contributed by atoms with E-state index >= 15 is 0 Å². The molecule has 5 heteroatoms. The lowest BCUT2D eigenvalue weighted by Crippen LogP contribution is -2.09. The first-order valence-corrected chi connectivity index (χ1v) is 7.14. The number of alkyl halides is 3. The van der Waals surface area contributed by atoms with Crippen molar-refractivity contribution in [1.29, 1.82) is 0 Å². The number of hydrogen-bond donors (Lipinski definition) is 1. The Bertz CT molecular complexity index is 703. The van der Waals surface area contributed by atoms with E-state index in [1.54, 1.807) is 0 Å². The molecular weight excluding hydrogens is 303 g/mol. The molecule has 2 rings (SSSR count). The van der Waals surface area contributed by atoms with Gasteiger partial charge in [0.05, 0.1) is 5.56 Å². The summed E-state index contributed by atoms with van der Waals surface area (Å²) < 4.78 is 37.4. The molecule has 0 bridgehead atoms. The number of halogens is 3. The standard InChI is InChI=1S/C18H16F3NO/c1-2-14-5-3-4-6-16(14)22-17(23)12-9-13-7-10-15(11-8-13)18(19,20)21/h3-12H,2H2,1H3,(H,22,23)/b12-9+. The number of amides is 1. The molecule has 1 N–H and O–H groups in total. The van der Waals surface area contributed by atoms with E-state index in [4.69, 9.17) is 0 Å². The number of para-hydroxylation sites is 1. The van der Waals surface area contributed by atoms with Gasteiger partial charge in [-0.05, 0) is 41.8 Å². The minimum Gasteiger partial charge on any atom is -0.322 e. The lowest BCUT2D eigenvalue weighted by Gasteiger charge is -2.07.